The number of amides is 2. The van der Waals surface area contributed by atoms with Gasteiger partial charge in [-0.1, -0.05) is 53.0 Å². The highest BCUT2D eigenvalue weighted by atomic mass is 16.7. The van der Waals surface area contributed by atoms with Crippen molar-refractivity contribution >= 4 is 23.8 Å². The molecule has 0 aromatic heterocycles. The maximum atomic E-state index is 12.5. The van der Waals surface area contributed by atoms with Gasteiger partial charge in [0.25, 0.3) is 0 Å². The van der Waals surface area contributed by atoms with Crippen LogP contribution in [0.5, 0.6) is 5.75 Å². The molecule has 0 bridgehead atoms. The lowest BCUT2D eigenvalue weighted by molar-refractivity contribution is -0.271. The molecule has 1 aromatic rings. The number of unbranched alkanes of at least 4 members (excludes halogenated alkanes) is 2. The van der Waals surface area contributed by atoms with Crippen molar-refractivity contribution in [3.05, 3.63) is 29.3 Å². The van der Waals surface area contributed by atoms with Crippen molar-refractivity contribution in [2.45, 2.75) is 110 Å². The van der Waals surface area contributed by atoms with Crippen LogP contribution in [0.25, 0.3) is 0 Å². The molecule has 0 spiro atoms. The Morgan fingerprint density at radius 1 is 0.907 bits per heavy atom. The summed E-state index contributed by atoms with van der Waals surface area (Å²) in [5, 5.41) is 45.2. The van der Waals surface area contributed by atoms with Crippen molar-refractivity contribution in [1.82, 2.24) is 10.6 Å². The standard InChI is InChI=1S/C30H46N2O11/c1-17(2)8-6-5-7-9-22(33)31-13-12-23(34)32-15-20-14-19(16-41-29(40)18(3)4)10-11-21(20)42-30-26(37)24(35)25(36)27(43-30)28(38)39/h10-11,14,17-18,24-27,30,35-37H,5-9,12-13,15-16H2,1-4H3,(H,31,33)(H,32,34)(H,38,39)/t24-,25-,26+,27-,30+/m0/s1. The number of carboxylic acids is 1. The predicted octanol–water partition coefficient (Wildman–Crippen LogP) is 1.39. The summed E-state index contributed by atoms with van der Waals surface area (Å²) in [6, 6.07) is 4.63. The van der Waals surface area contributed by atoms with Crippen LogP contribution in [0.15, 0.2) is 18.2 Å². The number of benzene rings is 1. The van der Waals surface area contributed by atoms with Crippen molar-refractivity contribution in [3.8, 4) is 5.75 Å². The first-order chi connectivity index (χ1) is 20.3. The van der Waals surface area contributed by atoms with Crippen LogP contribution in [0.4, 0.5) is 0 Å². The number of aliphatic hydroxyl groups excluding tert-OH is 3. The Balaban J connectivity index is 2.01. The van der Waals surface area contributed by atoms with E-state index in [1.165, 1.54) is 6.07 Å². The van der Waals surface area contributed by atoms with Crippen LogP contribution in [0.1, 0.15) is 77.3 Å². The van der Waals surface area contributed by atoms with Crippen LogP contribution in [-0.4, -0.2) is 81.4 Å². The number of esters is 1. The molecule has 2 rings (SSSR count). The summed E-state index contributed by atoms with van der Waals surface area (Å²) < 4.78 is 16.2. The fraction of sp³-hybridized carbons (Fsp3) is 0.667. The van der Waals surface area contributed by atoms with Gasteiger partial charge in [-0.15, -0.1) is 0 Å². The Kier molecular flexibility index (Phi) is 14.8. The van der Waals surface area contributed by atoms with Crippen molar-refractivity contribution in [1.29, 1.82) is 0 Å². The Morgan fingerprint density at radius 2 is 1.60 bits per heavy atom. The lowest BCUT2D eigenvalue weighted by Crippen LogP contribution is -2.61. The van der Waals surface area contributed by atoms with E-state index < -0.39 is 42.6 Å². The summed E-state index contributed by atoms with van der Waals surface area (Å²) >= 11 is 0. The van der Waals surface area contributed by atoms with E-state index >= 15 is 0 Å². The number of hydrogen-bond donors (Lipinski definition) is 6. The molecule has 1 aliphatic heterocycles. The fourth-order valence-electron chi connectivity index (χ4n) is 4.27. The van der Waals surface area contributed by atoms with E-state index in [0.717, 1.165) is 25.7 Å². The molecular weight excluding hydrogens is 564 g/mol. The Morgan fingerprint density at radius 3 is 2.26 bits per heavy atom. The third-order valence-corrected chi connectivity index (χ3v) is 6.87. The quantitative estimate of drug-likeness (QED) is 0.110. The molecular formula is C30H46N2O11. The molecule has 0 saturated carbocycles. The van der Waals surface area contributed by atoms with Crippen LogP contribution >= 0.6 is 0 Å². The van der Waals surface area contributed by atoms with Crippen LogP contribution in [0.2, 0.25) is 0 Å². The van der Waals surface area contributed by atoms with Gasteiger partial charge in [0.05, 0.1) is 5.92 Å². The zero-order chi connectivity index (χ0) is 32.1. The lowest BCUT2D eigenvalue weighted by Gasteiger charge is -2.38. The van der Waals surface area contributed by atoms with Gasteiger partial charge < -0.3 is 45.3 Å². The molecule has 242 valence electrons. The van der Waals surface area contributed by atoms with Gasteiger partial charge in [0.15, 0.2) is 6.10 Å². The van der Waals surface area contributed by atoms with E-state index in [2.05, 4.69) is 24.5 Å². The van der Waals surface area contributed by atoms with E-state index in [1.54, 1.807) is 26.0 Å². The summed E-state index contributed by atoms with van der Waals surface area (Å²) in [5.74, 6) is -2.05. The van der Waals surface area contributed by atoms with Gasteiger partial charge >= 0.3 is 11.9 Å². The van der Waals surface area contributed by atoms with E-state index in [1.807, 2.05) is 0 Å². The highest BCUT2D eigenvalue weighted by Gasteiger charge is 2.48. The summed E-state index contributed by atoms with van der Waals surface area (Å²) in [5.41, 5.74) is 0.940. The van der Waals surface area contributed by atoms with Crippen molar-refractivity contribution in [2.24, 2.45) is 11.8 Å². The smallest absolute Gasteiger partial charge is 0.335 e. The van der Waals surface area contributed by atoms with E-state index in [9.17, 15) is 39.6 Å². The van der Waals surface area contributed by atoms with E-state index in [4.69, 9.17) is 14.2 Å². The van der Waals surface area contributed by atoms with Gasteiger partial charge in [0.2, 0.25) is 18.1 Å². The maximum absolute atomic E-state index is 12.5. The Labute approximate surface area is 251 Å². The highest BCUT2D eigenvalue weighted by molar-refractivity contribution is 5.79. The van der Waals surface area contributed by atoms with Crippen LogP contribution in [0.3, 0.4) is 0 Å². The second-order valence-corrected chi connectivity index (χ2v) is 11.4. The topological polar surface area (TPSA) is 201 Å². The van der Waals surface area contributed by atoms with Gasteiger partial charge in [-0.3, -0.25) is 14.4 Å². The molecule has 6 N–H and O–H groups in total. The van der Waals surface area contributed by atoms with Crippen LogP contribution in [0, 0.1) is 11.8 Å². The highest BCUT2D eigenvalue weighted by Crippen LogP contribution is 2.28. The molecule has 1 aromatic carbocycles. The number of hydrogen-bond acceptors (Lipinski definition) is 10. The molecule has 0 aliphatic carbocycles. The SMILES string of the molecule is CC(C)CCCCCC(=O)NCCC(=O)NCc1cc(COC(=O)C(C)C)ccc1O[C@@H]1O[C@H](C(=O)O)[C@@H](O)[C@H](O)[C@H]1O. The molecule has 5 atom stereocenters. The van der Waals surface area contributed by atoms with Crippen LogP contribution in [-0.2, 0) is 41.8 Å². The number of ether oxygens (including phenoxy) is 3. The number of carbonyl (C=O) groups is 4. The number of nitrogens with one attached hydrogen (secondary N) is 2. The molecule has 1 heterocycles. The van der Waals surface area contributed by atoms with Crippen molar-refractivity contribution in [2.75, 3.05) is 6.54 Å². The molecule has 43 heavy (non-hydrogen) atoms. The molecule has 1 fully saturated rings. The van der Waals surface area contributed by atoms with Gasteiger partial charge in [-0.2, -0.15) is 0 Å². The second kappa shape index (κ2) is 17.8. The summed E-state index contributed by atoms with van der Waals surface area (Å²) in [6.07, 6.45) is -4.62. The molecule has 13 nitrogen and oxygen atoms in total. The van der Waals surface area contributed by atoms with Gasteiger partial charge in [-0.25, -0.2) is 4.79 Å². The summed E-state index contributed by atoms with van der Waals surface area (Å²) in [6.45, 7) is 7.75. The number of aliphatic hydroxyl groups is 3. The second-order valence-electron chi connectivity index (χ2n) is 11.4. The molecule has 0 radical (unpaired) electrons. The predicted molar refractivity (Wildman–Crippen MR) is 153 cm³/mol. The normalized spacial score (nSPS) is 21.8. The van der Waals surface area contributed by atoms with Crippen LogP contribution < -0.4 is 15.4 Å². The molecule has 13 heteroatoms. The van der Waals surface area contributed by atoms with E-state index in [0.29, 0.717) is 23.5 Å². The molecule has 1 aliphatic rings. The average molecular weight is 611 g/mol. The first-order valence-electron chi connectivity index (χ1n) is 14.7. The first-order valence-corrected chi connectivity index (χ1v) is 14.7. The minimum atomic E-state index is -1.88. The molecule has 0 unspecified atom stereocenters. The largest absolute Gasteiger partial charge is 0.479 e. The summed E-state index contributed by atoms with van der Waals surface area (Å²) in [4.78, 5) is 48.0. The number of carbonyl (C=O) groups excluding carboxylic acids is 3. The number of rotatable bonds is 17. The van der Waals surface area contributed by atoms with Gasteiger partial charge in [-0.05, 0) is 30.0 Å². The Hall–Kier alpha value is -3.26. The fourth-order valence-corrected chi connectivity index (χ4v) is 4.27. The van der Waals surface area contributed by atoms with Gasteiger partial charge in [0.1, 0.15) is 30.7 Å². The summed E-state index contributed by atoms with van der Waals surface area (Å²) in [7, 11) is 0. The maximum Gasteiger partial charge on any atom is 0.335 e. The number of carboxylic acid groups (broad SMARTS) is 1. The zero-order valence-corrected chi connectivity index (χ0v) is 25.3. The Bertz CT molecular complexity index is 1080. The molecule has 1 saturated heterocycles. The third-order valence-electron chi connectivity index (χ3n) is 6.87. The average Bonchev–Trinajstić information content (AvgIpc) is 2.95. The number of aliphatic carboxylic acids is 1. The first kappa shape index (κ1) is 35.9. The van der Waals surface area contributed by atoms with Crippen molar-refractivity contribution in [3.63, 3.8) is 0 Å². The minimum absolute atomic E-state index is 0.0236. The van der Waals surface area contributed by atoms with Crippen molar-refractivity contribution < 1.29 is 53.8 Å². The lowest BCUT2D eigenvalue weighted by atomic mass is 9.99. The third kappa shape index (κ3) is 12.1. The van der Waals surface area contributed by atoms with Gasteiger partial charge in [0, 0.05) is 31.5 Å². The minimum Gasteiger partial charge on any atom is -0.479 e. The monoisotopic (exact) mass is 610 g/mol. The van der Waals surface area contributed by atoms with E-state index in [-0.39, 0.29) is 49.6 Å². The molecule has 2 amide bonds. The zero-order valence-electron chi connectivity index (χ0n) is 25.3.